The van der Waals surface area contributed by atoms with Crippen molar-refractivity contribution >= 4 is 11.9 Å². The van der Waals surface area contributed by atoms with Crippen molar-refractivity contribution in [3.63, 3.8) is 0 Å². The van der Waals surface area contributed by atoms with Crippen LogP contribution in [-0.2, 0) is 16.1 Å². The van der Waals surface area contributed by atoms with Gasteiger partial charge in [0.25, 0.3) is 0 Å². The van der Waals surface area contributed by atoms with Gasteiger partial charge in [-0.15, -0.1) is 0 Å². The quantitative estimate of drug-likeness (QED) is 0.575. The summed E-state index contributed by atoms with van der Waals surface area (Å²) in [5.74, 6) is -1.48. The van der Waals surface area contributed by atoms with Crippen LogP contribution in [0.1, 0.15) is 56.9 Å². The summed E-state index contributed by atoms with van der Waals surface area (Å²) in [5.41, 5.74) is 6.54. The zero-order valence-corrected chi connectivity index (χ0v) is 13.0. The van der Waals surface area contributed by atoms with E-state index in [0.29, 0.717) is 6.54 Å². The number of nitrogens with two attached hydrogens (primary N) is 1. The standard InChI is InChI=1S/C10H18O4.C7H9N/c11-9(12)7-5-3-1-2-4-6-8-10(13)14;8-6-7-4-2-1-3-5-7/h1-8H2,(H,11,12)(H,13,14);1-5H,6,8H2. The lowest BCUT2D eigenvalue weighted by molar-refractivity contribution is -0.138. The first-order valence-electron chi connectivity index (χ1n) is 7.74. The average molecular weight is 309 g/mol. The van der Waals surface area contributed by atoms with Crippen LogP contribution in [0.4, 0.5) is 0 Å². The molecule has 22 heavy (non-hydrogen) atoms. The zero-order valence-electron chi connectivity index (χ0n) is 13.0. The van der Waals surface area contributed by atoms with Gasteiger partial charge in [-0.3, -0.25) is 9.59 Å². The minimum atomic E-state index is -0.740. The minimum Gasteiger partial charge on any atom is -0.481 e. The Hall–Kier alpha value is -1.88. The van der Waals surface area contributed by atoms with E-state index in [1.54, 1.807) is 0 Å². The van der Waals surface area contributed by atoms with Gasteiger partial charge in [-0.05, 0) is 18.4 Å². The van der Waals surface area contributed by atoms with Crippen LogP contribution in [0, 0.1) is 0 Å². The van der Waals surface area contributed by atoms with Crippen molar-refractivity contribution in [1.29, 1.82) is 0 Å². The lowest BCUT2D eigenvalue weighted by Gasteiger charge is -1.98. The van der Waals surface area contributed by atoms with Crippen LogP contribution in [-0.4, -0.2) is 22.2 Å². The van der Waals surface area contributed by atoms with E-state index in [0.717, 1.165) is 38.5 Å². The lowest BCUT2D eigenvalue weighted by Crippen LogP contribution is -1.94. The third-order valence-electron chi connectivity index (χ3n) is 3.11. The van der Waals surface area contributed by atoms with Gasteiger partial charge in [0.2, 0.25) is 0 Å². The van der Waals surface area contributed by atoms with Gasteiger partial charge in [-0.25, -0.2) is 0 Å². The number of benzene rings is 1. The van der Waals surface area contributed by atoms with Crippen LogP contribution in [0.15, 0.2) is 30.3 Å². The molecule has 5 heteroatoms. The molecule has 0 unspecified atom stereocenters. The molecule has 0 heterocycles. The molecule has 5 nitrogen and oxygen atoms in total. The molecule has 1 rings (SSSR count). The second kappa shape index (κ2) is 14.1. The van der Waals surface area contributed by atoms with Crippen LogP contribution in [0.25, 0.3) is 0 Å². The Morgan fingerprint density at radius 3 is 1.50 bits per heavy atom. The Morgan fingerprint density at radius 2 is 1.18 bits per heavy atom. The maximum atomic E-state index is 10.1. The van der Waals surface area contributed by atoms with E-state index in [9.17, 15) is 9.59 Å². The number of carbonyl (C=O) groups is 2. The molecule has 0 amide bonds. The largest absolute Gasteiger partial charge is 0.481 e. The van der Waals surface area contributed by atoms with Crippen molar-refractivity contribution in [2.24, 2.45) is 5.73 Å². The fourth-order valence-electron chi connectivity index (χ4n) is 1.87. The number of hydrogen-bond donors (Lipinski definition) is 3. The SMILES string of the molecule is NCc1ccccc1.O=C(O)CCCCCCCCC(=O)O. The first-order chi connectivity index (χ1) is 10.6. The zero-order chi connectivity index (χ0) is 16.6. The predicted molar refractivity (Wildman–Crippen MR) is 86.5 cm³/mol. The fourth-order valence-corrected chi connectivity index (χ4v) is 1.87. The van der Waals surface area contributed by atoms with Crippen LogP contribution >= 0.6 is 0 Å². The maximum Gasteiger partial charge on any atom is 0.303 e. The van der Waals surface area contributed by atoms with Gasteiger partial charge >= 0.3 is 11.9 Å². The highest BCUT2D eigenvalue weighted by Gasteiger charge is 1.98. The lowest BCUT2D eigenvalue weighted by atomic mass is 10.1. The van der Waals surface area contributed by atoms with Crippen LogP contribution in [0.2, 0.25) is 0 Å². The van der Waals surface area contributed by atoms with Crippen molar-refractivity contribution < 1.29 is 19.8 Å². The van der Waals surface area contributed by atoms with E-state index in [1.807, 2.05) is 30.3 Å². The average Bonchev–Trinajstić information content (AvgIpc) is 2.51. The molecule has 0 aliphatic rings. The maximum absolute atomic E-state index is 10.1. The van der Waals surface area contributed by atoms with E-state index in [2.05, 4.69) is 0 Å². The van der Waals surface area contributed by atoms with Crippen molar-refractivity contribution in [1.82, 2.24) is 0 Å². The number of unbranched alkanes of at least 4 members (excludes halogenated alkanes) is 5. The highest BCUT2D eigenvalue weighted by atomic mass is 16.4. The summed E-state index contributed by atoms with van der Waals surface area (Å²) >= 11 is 0. The molecule has 0 aliphatic carbocycles. The van der Waals surface area contributed by atoms with Gasteiger partial charge in [-0.2, -0.15) is 0 Å². The van der Waals surface area contributed by atoms with Crippen molar-refractivity contribution in [2.45, 2.75) is 57.9 Å². The molecule has 0 spiro atoms. The number of carboxylic acids is 2. The van der Waals surface area contributed by atoms with Crippen molar-refractivity contribution in [3.8, 4) is 0 Å². The molecule has 0 bridgehead atoms. The summed E-state index contributed by atoms with van der Waals surface area (Å²) < 4.78 is 0. The van der Waals surface area contributed by atoms with Gasteiger partial charge in [0.05, 0.1) is 0 Å². The fraction of sp³-hybridized carbons (Fsp3) is 0.529. The monoisotopic (exact) mass is 309 g/mol. The number of carboxylic acid groups (broad SMARTS) is 2. The van der Waals surface area contributed by atoms with Gasteiger partial charge in [0.15, 0.2) is 0 Å². The minimum absolute atomic E-state index is 0.245. The molecular formula is C17H27NO4. The Labute approximate surface area is 132 Å². The van der Waals surface area contributed by atoms with Crippen molar-refractivity contribution in [2.75, 3.05) is 0 Å². The summed E-state index contributed by atoms with van der Waals surface area (Å²) in [6, 6.07) is 9.99. The Bertz CT molecular complexity index is 386. The second-order valence-corrected chi connectivity index (χ2v) is 5.10. The molecule has 0 aliphatic heterocycles. The molecule has 0 atom stereocenters. The Morgan fingerprint density at radius 1 is 0.773 bits per heavy atom. The molecule has 0 saturated carbocycles. The molecule has 1 aromatic carbocycles. The summed E-state index contributed by atoms with van der Waals surface area (Å²) in [4.78, 5) is 20.3. The smallest absolute Gasteiger partial charge is 0.303 e. The summed E-state index contributed by atoms with van der Waals surface area (Å²) in [7, 11) is 0. The molecule has 0 radical (unpaired) electrons. The Balaban J connectivity index is 0.000000461. The van der Waals surface area contributed by atoms with Crippen LogP contribution in [0.3, 0.4) is 0 Å². The molecular weight excluding hydrogens is 282 g/mol. The molecule has 4 N–H and O–H groups in total. The van der Waals surface area contributed by atoms with E-state index in [1.165, 1.54) is 5.56 Å². The van der Waals surface area contributed by atoms with E-state index < -0.39 is 11.9 Å². The highest BCUT2D eigenvalue weighted by Crippen LogP contribution is 2.08. The van der Waals surface area contributed by atoms with Gasteiger partial charge in [0, 0.05) is 19.4 Å². The first-order valence-corrected chi connectivity index (χ1v) is 7.74. The molecule has 0 fully saturated rings. The predicted octanol–water partition coefficient (Wildman–Crippen LogP) is 3.42. The second-order valence-electron chi connectivity index (χ2n) is 5.10. The van der Waals surface area contributed by atoms with Crippen molar-refractivity contribution in [3.05, 3.63) is 35.9 Å². The topological polar surface area (TPSA) is 101 Å². The summed E-state index contributed by atoms with van der Waals surface area (Å²) in [5, 5.41) is 16.7. The first kappa shape index (κ1) is 20.1. The highest BCUT2D eigenvalue weighted by molar-refractivity contribution is 5.66. The van der Waals surface area contributed by atoms with Gasteiger partial charge in [-0.1, -0.05) is 56.0 Å². The number of aliphatic carboxylic acids is 2. The van der Waals surface area contributed by atoms with Crippen LogP contribution < -0.4 is 5.73 Å². The third-order valence-corrected chi connectivity index (χ3v) is 3.11. The number of rotatable bonds is 10. The normalized spacial score (nSPS) is 9.68. The van der Waals surface area contributed by atoms with Gasteiger partial charge in [0.1, 0.15) is 0 Å². The third kappa shape index (κ3) is 14.5. The molecule has 1 aromatic rings. The molecule has 0 aromatic heterocycles. The van der Waals surface area contributed by atoms with E-state index in [-0.39, 0.29) is 12.8 Å². The van der Waals surface area contributed by atoms with E-state index in [4.69, 9.17) is 15.9 Å². The summed E-state index contributed by atoms with van der Waals surface area (Å²) in [6.07, 6.45) is 5.82. The molecule has 124 valence electrons. The summed E-state index contributed by atoms with van der Waals surface area (Å²) in [6.45, 7) is 0.640. The Kier molecular flexibility index (Phi) is 12.9. The van der Waals surface area contributed by atoms with E-state index >= 15 is 0 Å². The van der Waals surface area contributed by atoms with Crippen LogP contribution in [0.5, 0.6) is 0 Å². The van der Waals surface area contributed by atoms with Gasteiger partial charge < -0.3 is 15.9 Å². The number of hydrogen-bond acceptors (Lipinski definition) is 3. The molecule has 0 saturated heterocycles.